The van der Waals surface area contributed by atoms with Crippen molar-refractivity contribution in [1.82, 2.24) is 9.97 Å². The van der Waals surface area contributed by atoms with Crippen LogP contribution in [-0.2, 0) is 9.53 Å². The van der Waals surface area contributed by atoms with Gasteiger partial charge in [-0.1, -0.05) is 12.1 Å². The van der Waals surface area contributed by atoms with E-state index in [0.717, 1.165) is 48.9 Å². The SMILES string of the molecule is CN(CC(N)=O)c1ccc(-c2ccnc(Nc3ccc(N4CCOCC4)cc3)n2)cc1. The van der Waals surface area contributed by atoms with Gasteiger partial charge in [-0.25, -0.2) is 9.97 Å². The summed E-state index contributed by atoms with van der Waals surface area (Å²) in [6, 6.07) is 17.9. The molecule has 1 aliphatic rings. The Balaban J connectivity index is 1.44. The van der Waals surface area contributed by atoms with Gasteiger partial charge >= 0.3 is 0 Å². The first-order valence-electron chi connectivity index (χ1n) is 10.2. The Labute approximate surface area is 181 Å². The van der Waals surface area contributed by atoms with Crippen molar-refractivity contribution in [3.8, 4) is 11.3 Å². The van der Waals surface area contributed by atoms with Gasteiger partial charge in [-0.3, -0.25) is 4.79 Å². The Bertz CT molecular complexity index is 1020. The van der Waals surface area contributed by atoms with Crippen LogP contribution in [0.25, 0.3) is 11.3 Å². The van der Waals surface area contributed by atoms with Gasteiger partial charge in [-0.05, 0) is 42.5 Å². The fourth-order valence-electron chi connectivity index (χ4n) is 3.50. The molecule has 1 fully saturated rings. The number of amides is 1. The van der Waals surface area contributed by atoms with E-state index in [1.54, 1.807) is 11.1 Å². The zero-order valence-corrected chi connectivity index (χ0v) is 17.5. The van der Waals surface area contributed by atoms with Crippen LogP contribution in [0.5, 0.6) is 0 Å². The molecular formula is C23H26N6O2. The van der Waals surface area contributed by atoms with Gasteiger partial charge in [0.05, 0.1) is 25.5 Å². The highest BCUT2D eigenvalue weighted by atomic mass is 16.5. The Morgan fingerprint density at radius 1 is 1.10 bits per heavy atom. The molecule has 0 aliphatic carbocycles. The molecule has 2 aromatic carbocycles. The minimum Gasteiger partial charge on any atom is -0.378 e. The second-order valence-electron chi connectivity index (χ2n) is 7.41. The van der Waals surface area contributed by atoms with Crippen molar-refractivity contribution in [3.63, 3.8) is 0 Å². The summed E-state index contributed by atoms with van der Waals surface area (Å²) in [5.41, 5.74) is 10.1. The molecule has 1 aliphatic heterocycles. The number of hydrogen-bond acceptors (Lipinski definition) is 7. The summed E-state index contributed by atoms with van der Waals surface area (Å²) in [4.78, 5) is 24.2. The summed E-state index contributed by atoms with van der Waals surface area (Å²) in [6.45, 7) is 3.53. The number of carbonyl (C=O) groups is 1. The predicted molar refractivity (Wildman–Crippen MR) is 123 cm³/mol. The van der Waals surface area contributed by atoms with Gasteiger partial charge in [0, 0.05) is 49.0 Å². The number of rotatable bonds is 7. The average Bonchev–Trinajstić information content (AvgIpc) is 2.80. The maximum absolute atomic E-state index is 11.1. The molecule has 1 aromatic heterocycles. The number of hydrogen-bond donors (Lipinski definition) is 2. The van der Waals surface area contributed by atoms with Crippen molar-refractivity contribution in [1.29, 1.82) is 0 Å². The summed E-state index contributed by atoms with van der Waals surface area (Å²) in [6.07, 6.45) is 1.74. The molecular weight excluding hydrogens is 392 g/mol. The van der Waals surface area contributed by atoms with Gasteiger partial charge in [-0.2, -0.15) is 0 Å². The molecule has 0 bridgehead atoms. The van der Waals surface area contributed by atoms with Gasteiger partial charge in [0.1, 0.15) is 0 Å². The summed E-state index contributed by atoms with van der Waals surface area (Å²) >= 11 is 0. The number of primary amides is 1. The molecule has 160 valence electrons. The summed E-state index contributed by atoms with van der Waals surface area (Å²) in [5, 5.41) is 3.27. The summed E-state index contributed by atoms with van der Waals surface area (Å²) < 4.78 is 5.41. The molecule has 31 heavy (non-hydrogen) atoms. The number of nitrogens with one attached hydrogen (secondary N) is 1. The van der Waals surface area contributed by atoms with E-state index >= 15 is 0 Å². The van der Waals surface area contributed by atoms with Gasteiger partial charge in [0.15, 0.2) is 0 Å². The number of nitrogens with two attached hydrogens (primary N) is 1. The Morgan fingerprint density at radius 3 is 2.48 bits per heavy atom. The van der Waals surface area contributed by atoms with E-state index in [-0.39, 0.29) is 12.5 Å². The van der Waals surface area contributed by atoms with Crippen molar-refractivity contribution in [2.45, 2.75) is 0 Å². The first kappa shape index (κ1) is 20.6. The van der Waals surface area contributed by atoms with Crippen molar-refractivity contribution in [2.24, 2.45) is 5.73 Å². The molecule has 2 heterocycles. The van der Waals surface area contributed by atoms with Gasteiger partial charge < -0.3 is 25.6 Å². The van der Waals surface area contributed by atoms with Gasteiger partial charge in [0.25, 0.3) is 0 Å². The molecule has 3 aromatic rings. The fourth-order valence-corrected chi connectivity index (χ4v) is 3.50. The normalized spacial score (nSPS) is 13.6. The highest BCUT2D eigenvalue weighted by molar-refractivity contribution is 5.79. The van der Waals surface area contributed by atoms with Crippen LogP contribution in [0.3, 0.4) is 0 Å². The van der Waals surface area contributed by atoms with E-state index in [2.05, 4.69) is 32.3 Å². The quantitative estimate of drug-likeness (QED) is 0.609. The number of morpholine rings is 1. The largest absolute Gasteiger partial charge is 0.378 e. The Morgan fingerprint density at radius 2 is 1.81 bits per heavy atom. The molecule has 3 N–H and O–H groups in total. The van der Waals surface area contributed by atoms with E-state index in [1.807, 2.05) is 49.5 Å². The molecule has 0 radical (unpaired) electrons. The molecule has 4 rings (SSSR count). The van der Waals surface area contributed by atoms with Crippen molar-refractivity contribution in [3.05, 3.63) is 60.8 Å². The minimum atomic E-state index is -0.365. The predicted octanol–water partition coefficient (Wildman–Crippen LogP) is 2.65. The average molecular weight is 419 g/mol. The first-order valence-corrected chi connectivity index (χ1v) is 10.2. The van der Waals surface area contributed by atoms with Crippen molar-refractivity contribution >= 4 is 28.9 Å². The molecule has 0 unspecified atom stereocenters. The second-order valence-corrected chi connectivity index (χ2v) is 7.41. The van der Waals surface area contributed by atoms with Crippen molar-refractivity contribution < 1.29 is 9.53 Å². The lowest BCUT2D eigenvalue weighted by Gasteiger charge is -2.28. The monoisotopic (exact) mass is 418 g/mol. The van der Waals surface area contributed by atoms with Crippen molar-refractivity contribution in [2.75, 3.05) is 55.0 Å². The Hall–Kier alpha value is -3.65. The maximum Gasteiger partial charge on any atom is 0.236 e. The second kappa shape index (κ2) is 9.44. The first-order chi connectivity index (χ1) is 15.1. The number of anilines is 4. The number of nitrogens with zero attached hydrogens (tertiary/aromatic N) is 4. The highest BCUT2D eigenvalue weighted by Gasteiger charge is 2.11. The summed E-state index contributed by atoms with van der Waals surface area (Å²) in [5.74, 6) is 0.169. The Kier molecular flexibility index (Phi) is 6.28. The number of aromatic nitrogens is 2. The number of likely N-dealkylation sites (N-methyl/N-ethyl adjacent to an activating group) is 1. The van der Waals surface area contributed by atoms with E-state index in [0.29, 0.717) is 5.95 Å². The topological polar surface area (TPSA) is 96.6 Å². The standard InChI is InChI=1S/C23H26N6O2/c1-28(16-22(24)30)19-6-2-17(3-7-19)21-10-11-25-23(27-21)26-18-4-8-20(9-5-18)29-12-14-31-15-13-29/h2-11H,12-16H2,1H3,(H2,24,30)(H,25,26,27). The van der Waals surface area contributed by atoms with E-state index in [1.165, 1.54) is 5.69 Å². The van der Waals surface area contributed by atoms with Crippen LogP contribution in [0.1, 0.15) is 0 Å². The highest BCUT2D eigenvalue weighted by Crippen LogP contribution is 2.24. The third-order valence-corrected chi connectivity index (χ3v) is 5.15. The molecule has 0 saturated carbocycles. The van der Waals surface area contributed by atoms with Crippen LogP contribution in [0.4, 0.5) is 23.0 Å². The van der Waals surface area contributed by atoms with Crippen LogP contribution in [0.2, 0.25) is 0 Å². The zero-order valence-electron chi connectivity index (χ0n) is 17.5. The summed E-state index contributed by atoms with van der Waals surface area (Å²) in [7, 11) is 1.83. The lowest BCUT2D eigenvalue weighted by atomic mass is 10.1. The van der Waals surface area contributed by atoms with Crippen LogP contribution >= 0.6 is 0 Å². The lowest BCUT2D eigenvalue weighted by Crippen LogP contribution is -2.36. The van der Waals surface area contributed by atoms with Gasteiger partial charge in [-0.15, -0.1) is 0 Å². The fraction of sp³-hybridized carbons (Fsp3) is 0.261. The number of benzene rings is 2. The molecule has 1 amide bonds. The maximum atomic E-state index is 11.1. The van der Waals surface area contributed by atoms with Gasteiger partial charge in [0.2, 0.25) is 11.9 Å². The number of carbonyl (C=O) groups excluding carboxylic acids is 1. The van der Waals surface area contributed by atoms with Crippen LogP contribution < -0.4 is 20.9 Å². The third kappa shape index (κ3) is 5.29. The van der Waals surface area contributed by atoms with Crippen LogP contribution in [0.15, 0.2) is 60.8 Å². The van der Waals surface area contributed by atoms with E-state index < -0.39 is 0 Å². The number of ether oxygens (including phenoxy) is 1. The smallest absolute Gasteiger partial charge is 0.236 e. The van der Waals surface area contributed by atoms with Crippen LogP contribution in [-0.4, -0.2) is 55.8 Å². The zero-order chi connectivity index (χ0) is 21.6. The third-order valence-electron chi connectivity index (χ3n) is 5.15. The minimum absolute atomic E-state index is 0.172. The molecule has 8 heteroatoms. The van der Waals surface area contributed by atoms with Crippen LogP contribution in [0, 0.1) is 0 Å². The molecule has 0 atom stereocenters. The van der Waals surface area contributed by atoms with E-state index in [4.69, 9.17) is 10.5 Å². The molecule has 8 nitrogen and oxygen atoms in total. The van der Waals surface area contributed by atoms with E-state index in [9.17, 15) is 4.79 Å². The molecule has 0 spiro atoms. The lowest BCUT2D eigenvalue weighted by molar-refractivity contribution is -0.116. The molecule has 1 saturated heterocycles.